The molecule has 1 aromatic carbocycles. The van der Waals surface area contributed by atoms with Gasteiger partial charge in [0.2, 0.25) is 0 Å². The van der Waals surface area contributed by atoms with Crippen LogP contribution in [0.3, 0.4) is 0 Å². The van der Waals surface area contributed by atoms with Crippen LogP contribution in [0.4, 0.5) is 0 Å². The molecule has 3 heterocycles. The van der Waals surface area contributed by atoms with E-state index in [1.54, 1.807) is 0 Å². The van der Waals surface area contributed by atoms with Crippen LogP contribution in [0.2, 0.25) is 0 Å². The monoisotopic (exact) mass is 364 g/mol. The summed E-state index contributed by atoms with van der Waals surface area (Å²) in [5, 5.41) is 0. The Hall–Kier alpha value is -2.11. The fourth-order valence-electron chi connectivity index (χ4n) is 3.43. The van der Waals surface area contributed by atoms with Crippen LogP contribution in [-0.2, 0) is 0 Å². The van der Waals surface area contributed by atoms with E-state index in [0.29, 0.717) is 5.92 Å². The number of hydrogen-bond acceptors (Lipinski definition) is 4. The maximum atomic E-state index is 4.60. The highest BCUT2D eigenvalue weighted by atomic mass is 32.2. The molecule has 1 unspecified atom stereocenters. The minimum atomic E-state index is 0.541. The first kappa shape index (κ1) is 17.3. The summed E-state index contributed by atoms with van der Waals surface area (Å²) in [6.45, 7) is 6.29. The van der Waals surface area contributed by atoms with Crippen LogP contribution in [0.5, 0.6) is 0 Å². The number of piperidine rings is 1. The van der Waals surface area contributed by atoms with Gasteiger partial charge >= 0.3 is 0 Å². The van der Waals surface area contributed by atoms with Gasteiger partial charge in [0, 0.05) is 29.9 Å². The van der Waals surface area contributed by atoms with Crippen molar-refractivity contribution >= 4 is 11.9 Å². The van der Waals surface area contributed by atoms with Crippen molar-refractivity contribution < 1.29 is 0 Å². The number of rotatable bonds is 4. The van der Waals surface area contributed by atoms with E-state index >= 15 is 0 Å². The summed E-state index contributed by atoms with van der Waals surface area (Å²) in [5.74, 6) is 1.41. The second-order valence-corrected chi connectivity index (χ2v) is 8.07. The summed E-state index contributed by atoms with van der Waals surface area (Å²) in [4.78, 5) is 13.8. The fourth-order valence-corrected chi connectivity index (χ4v) is 4.48. The van der Waals surface area contributed by atoms with E-state index in [0.717, 1.165) is 36.0 Å². The molecule has 1 aliphatic rings. The van der Waals surface area contributed by atoms with Gasteiger partial charge in [-0.3, -0.25) is 4.98 Å². The van der Waals surface area contributed by atoms with Crippen LogP contribution >= 0.6 is 11.9 Å². The van der Waals surface area contributed by atoms with E-state index < -0.39 is 0 Å². The van der Waals surface area contributed by atoms with Crippen molar-refractivity contribution in [3.05, 3.63) is 65.6 Å². The minimum absolute atomic E-state index is 0.541. The molecule has 0 aliphatic carbocycles. The Kier molecular flexibility index (Phi) is 5.09. The van der Waals surface area contributed by atoms with Crippen LogP contribution < -0.4 is 0 Å². The first-order valence-corrected chi connectivity index (χ1v) is 9.94. The molecule has 1 atom stereocenters. The number of aromatic amines is 1. The SMILES string of the molecule is Cc1nc(-c2cc(C3CCCN(Sc4ccccc4)C3)ccn2)[nH]c1C. The smallest absolute Gasteiger partial charge is 0.156 e. The number of H-pyrrole nitrogens is 1. The minimum Gasteiger partial charge on any atom is -0.341 e. The molecule has 0 saturated carbocycles. The van der Waals surface area contributed by atoms with Crippen LogP contribution in [0.1, 0.15) is 35.7 Å². The van der Waals surface area contributed by atoms with Crippen molar-refractivity contribution in [2.75, 3.05) is 13.1 Å². The Bertz CT molecular complexity index is 855. The highest BCUT2D eigenvalue weighted by Gasteiger charge is 2.23. The van der Waals surface area contributed by atoms with Gasteiger partial charge in [0.15, 0.2) is 5.82 Å². The second-order valence-electron chi connectivity index (χ2n) is 6.90. The van der Waals surface area contributed by atoms with Crippen LogP contribution in [-0.4, -0.2) is 32.3 Å². The van der Waals surface area contributed by atoms with E-state index in [4.69, 9.17) is 0 Å². The molecule has 3 aromatic rings. The van der Waals surface area contributed by atoms with Gasteiger partial charge in [-0.15, -0.1) is 0 Å². The quantitative estimate of drug-likeness (QED) is 0.664. The lowest BCUT2D eigenvalue weighted by Gasteiger charge is -2.32. The molecular formula is C21H24N4S. The number of imidazole rings is 1. The molecule has 0 bridgehead atoms. The van der Waals surface area contributed by atoms with Gasteiger partial charge in [0.1, 0.15) is 5.69 Å². The topological polar surface area (TPSA) is 44.8 Å². The Balaban J connectivity index is 1.51. The van der Waals surface area contributed by atoms with E-state index in [-0.39, 0.29) is 0 Å². The zero-order valence-electron chi connectivity index (χ0n) is 15.3. The molecule has 0 radical (unpaired) electrons. The predicted molar refractivity (Wildman–Crippen MR) is 107 cm³/mol. The molecule has 1 aliphatic heterocycles. The van der Waals surface area contributed by atoms with Crippen LogP contribution in [0.15, 0.2) is 53.6 Å². The van der Waals surface area contributed by atoms with E-state index in [2.05, 4.69) is 68.6 Å². The zero-order chi connectivity index (χ0) is 17.9. The highest BCUT2D eigenvalue weighted by Crippen LogP contribution is 2.33. The third kappa shape index (κ3) is 3.84. The van der Waals surface area contributed by atoms with E-state index in [9.17, 15) is 0 Å². The van der Waals surface area contributed by atoms with Crippen molar-refractivity contribution in [1.82, 2.24) is 19.3 Å². The Morgan fingerprint density at radius 3 is 2.77 bits per heavy atom. The molecule has 0 spiro atoms. The van der Waals surface area contributed by atoms with E-state index in [1.165, 1.54) is 23.3 Å². The van der Waals surface area contributed by atoms with Crippen LogP contribution in [0.25, 0.3) is 11.5 Å². The lowest BCUT2D eigenvalue weighted by atomic mass is 9.92. The first-order valence-electron chi connectivity index (χ1n) is 9.16. The van der Waals surface area contributed by atoms with Gasteiger partial charge in [-0.25, -0.2) is 9.29 Å². The number of aryl methyl sites for hydroxylation is 2. The number of nitrogens with one attached hydrogen (secondary N) is 1. The molecule has 26 heavy (non-hydrogen) atoms. The Labute approximate surface area is 159 Å². The number of nitrogens with zero attached hydrogens (tertiary/aromatic N) is 3. The van der Waals surface area contributed by atoms with Crippen LogP contribution in [0, 0.1) is 13.8 Å². The van der Waals surface area contributed by atoms with Gasteiger partial charge in [0.05, 0.1) is 5.69 Å². The molecular weight excluding hydrogens is 340 g/mol. The van der Waals surface area contributed by atoms with Crippen molar-refractivity contribution in [2.45, 2.75) is 37.5 Å². The fraction of sp³-hybridized carbons (Fsp3) is 0.333. The van der Waals surface area contributed by atoms with Crippen molar-refractivity contribution in [3.63, 3.8) is 0 Å². The average molecular weight is 365 g/mol. The van der Waals surface area contributed by atoms with Crippen molar-refractivity contribution in [1.29, 1.82) is 0 Å². The molecule has 1 N–H and O–H groups in total. The van der Waals surface area contributed by atoms with Gasteiger partial charge in [-0.1, -0.05) is 18.2 Å². The molecule has 134 valence electrons. The maximum Gasteiger partial charge on any atom is 0.156 e. The molecule has 4 nitrogen and oxygen atoms in total. The van der Waals surface area contributed by atoms with Crippen molar-refractivity contribution in [2.24, 2.45) is 0 Å². The normalized spacial score (nSPS) is 18.2. The number of hydrogen-bond donors (Lipinski definition) is 1. The largest absolute Gasteiger partial charge is 0.341 e. The standard InChI is InChI=1S/C21H24N4S/c1-15-16(2)24-21(23-15)20-13-17(10-11-22-20)18-7-6-12-25(14-18)26-19-8-4-3-5-9-19/h3-5,8-11,13,18H,6-7,12,14H2,1-2H3,(H,23,24). The number of benzene rings is 1. The number of pyridine rings is 1. The van der Waals surface area contributed by atoms with E-state index in [1.807, 2.05) is 25.1 Å². The molecule has 5 heteroatoms. The second kappa shape index (κ2) is 7.64. The molecule has 1 saturated heterocycles. The highest BCUT2D eigenvalue weighted by molar-refractivity contribution is 7.97. The summed E-state index contributed by atoms with van der Waals surface area (Å²) in [5.41, 5.74) is 4.44. The lowest BCUT2D eigenvalue weighted by molar-refractivity contribution is 0.342. The van der Waals surface area contributed by atoms with Gasteiger partial charge in [0.25, 0.3) is 0 Å². The summed E-state index contributed by atoms with van der Waals surface area (Å²) < 4.78 is 2.49. The zero-order valence-corrected chi connectivity index (χ0v) is 16.1. The molecule has 2 aromatic heterocycles. The molecule has 4 rings (SSSR count). The number of aromatic nitrogens is 3. The molecule has 0 amide bonds. The van der Waals surface area contributed by atoms with Gasteiger partial charge in [-0.2, -0.15) is 0 Å². The van der Waals surface area contributed by atoms with Gasteiger partial charge < -0.3 is 4.98 Å². The Morgan fingerprint density at radius 1 is 1.15 bits per heavy atom. The predicted octanol–water partition coefficient (Wildman–Crippen LogP) is 4.98. The summed E-state index contributed by atoms with van der Waals surface area (Å²) in [7, 11) is 0. The third-order valence-corrected chi connectivity index (χ3v) is 6.06. The maximum absolute atomic E-state index is 4.60. The average Bonchev–Trinajstić information content (AvgIpc) is 3.02. The summed E-state index contributed by atoms with van der Waals surface area (Å²) >= 11 is 1.87. The Morgan fingerprint density at radius 2 is 2.00 bits per heavy atom. The first-order chi connectivity index (χ1) is 12.7. The van der Waals surface area contributed by atoms with Crippen molar-refractivity contribution in [3.8, 4) is 11.5 Å². The third-order valence-electron chi connectivity index (χ3n) is 4.99. The molecule has 1 fully saturated rings. The summed E-state index contributed by atoms with van der Waals surface area (Å²) in [6, 6.07) is 15.0. The van der Waals surface area contributed by atoms with Gasteiger partial charge in [-0.05, 0) is 74.4 Å². The summed E-state index contributed by atoms with van der Waals surface area (Å²) in [6.07, 6.45) is 4.37. The lowest BCUT2D eigenvalue weighted by Crippen LogP contribution is -2.29.